The van der Waals surface area contributed by atoms with Crippen molar-refractivity contribution in [2.24, 2.45) is 11.5 Å². The highest BCUT2D eigenvalue weighted by atomic mass is 79.9. The Bertz CT molecular complexity index is 6150. The number of alkyl carbamates (subject to hydrolysis) is 6. The summed E-state index contributed by atoms with van der Waals surface area (Å²) in [7, 11) is 0. The van der Waals surface area contributed by atoms with Crippen LogP contribution in [0.15, 0.2) is 205 Å². The second-order valence-corrected chi connectivity index (χ2v) is 42.0. The molecular weight excluding hydrogens is 2070 g/mol. The Morgan fingerprint density at radius 2 is 0.566 bits per heavy atom. The van der Waals surface area contributed by atoms with Crippen LogP contribution in [0.2, 0.25) is 0 Å². The maximum Gasteiger partial charge on any atom is 0.407 e. The quantitative estimate of drug-likeness (QED) is 0.00929. The van der Waals surface area contributed by atoms with Crippen LogP contribution in [0.25, 0.3) is 65.4 Å². The molecule has 6 heterocycles. The molecule has 0 bridgehead atoms. The minimum absolute atomic E-state index is 0.161. The molecular formula is C97H126Br5N18O16+. The largest absolute Gasteiger partial charge is 0.444 e. The first-order chi connectivity index (χ1) is 63.7. The summed E-state index contributed by atoms with van der Waals surface area (Å²) >= 11 is 17.2. The Balaban J connectivity index is 0.000000201. The van der Waals surface area contributed by atoms with Crippen molar-refractivity contribution < 1.29 is 82.8 Å². The molecule has 0 saturated heterocycles. The van der Waals surface area contributed by atoms with Crippen LogP contribution in [0.5, 0.6) is 0 Å². The Morgan fingerprint density at radius 3 is 0.919 bits per heavy atom. The fraction of sp³-hybridized carbons (Fsp3) is 0.371. The highest BCUT2D eigenvalue weighted by Crippen LogP contribution is 2.34. The molecule has 136 heavy (non-hydrogen) atoms. The predicted molar refractivity (Wildman–Crippen MR) is 547 cm³/mol. The molecule has 0 aliphatic carbocycles. The van der Waals surface area contributed by atoms with Gasteiger partial charge in [-0.1, -0.05) is 128 Å². The van der Waals surface area contributed by atoms with Crippen LogP contribution in [-0.4, -0.2) is 171 Å². The number of nitrogens with two attached hydrogens (primary N) is 2. The first kappa shape index (κ1) is 110. The minimum atomic E-state index is -0.597. The van der Waals surface area contributed by atoms with Gasteiger partial charge in [-0.05, 0) is 254 Å². The van der Waals surface area contributed by atoms with Crippen LogP contribution >= 0.6 is 79.6 Å². The lowest BCUT2D eigenvalue weighted by molar-refractivity contribution is -0.800. The van der Waals surface area contributed by atoms with E-state index in [1.807, 2.05) is 245 Å². The number of para-hydroxylation sites is 1. The smallest absolute Gasteiger partial charge is 0.407 e. The summed E-state index contributed by atoms with van der Waals surface area (Å²) in [5.74, 6) is 0. The van der Waals surface area contributed by atoms with E-state index in [0.717, 1.165) is 131 Å². The average Bonchev–Trinajstić information content (AvgIpc) is 1.65. The third kappa shape index (κ3) is 36.1. The summed E-state index contributed by atoms with van der Waals surface area (Å²) < 4.78 is 37.2. The number of nitrogens with zero attached hydrogens (tertiary/aromatic N) is 1. The molecule has 6 amide bonds. The maximum absolute atomic E-state index is 12.2. The zero-order chi connectivity index (χ0) is 100. The molecule has 0 aliphatic heterocycles. The van der Waals surface area contributed by atoms with E-state index >= 15 is 0 Å². The van der Waals surface area contributed by atoms with Crippen LogP contribution in [-0.2, 0) is 28.4 Å². The molecule has 23 N–H and O–H groups in total. The molecule has 0 aliphatic rings. The monoisotopic (exact) mass is 2190 g/mol. The lowest BCUT2D eigenvalue weighted by Gasteiger charge is -2.21. The van der Waals surface area contributed by atoms with Crippen LogP contribution in [0.4, 0.5) is 28.8 Å². The predicted octanol–water partition coefficient (Wildman–Crippen LogP) is 21.6. The standard InChI is InChI=1S/C22H24BrN3O3.2C15H20BrN3O3.2C15H20BrN3O2.C15H21N3O3/c1-22(2,3)29-21(27)25-13-20(26(28)14-15-7-5-4-6-8-15)18-12-24-19-10-9-16(23)11-17(18)19;1-15(2,3)22-14(20)18-8-13(19-21)11-7-17-12-5-4-9(16)6-10(11)12;1-15(2,3)22-14(20)18-8-13(19-21)11-7-17-12-6-9(16)4-5-10(11)12;1-15(2,3)21-14(20)19-8-12(17)11-7-18-13-5-4-9(16)6-10(11)13;1-15(2,3)21-14(20)19-8-12(17)11-7-18-13-6-9(16)4-5-10(11)13;1-15(2,3)21-14(19)17-9-13(18-20)11-8-16-12-7-5-4-6-10(11)12/h4-12,14,20,24H,13H2,1-3H3,(H-,25,27,28);2*4-7,13,17,19,21H,8H2,1-3H3,(H,18,20);2*4-7,12,18H,8,17H2,1-3H3,(H,19,20);4-8,13,16,18,20H,9H2,1-3H3,(H,17,19)/p+1/b26-14-;;;;;. The van der Waals surface area contributed by atoms with Crippen molar-refractivity contribution in [3.63, 3.8) is 0 Å². The number of carbonyl (C=O) groups excluding carboxylic acids is 6. The van der Waals surface area contributed by atoms with Crippen molar-refractivity contribution >= 4 is 188 Å². The summed E-state index contributed by atoms with van der Waals surface area (Å²) in [6, 6.07) is 44.3. The van der Waals surface area contributed by atoms with E-state index in [2.05, 4.69) is 158 Å². The third-order valence-corrected chi connectivity index (χ3v) is 21.7. The van der Waals surface area contributed by atoms with Gasteiger partial charge in [-0.2, -0.15) is 16.4 Å². The number of benzene rings is 7. The molecule has 0 saturated carbocycles. The van der Waals surface area contributed by atoms with Crippen LogP contribution in [0.1, 0.15) is 200 Å². The van der Waals surface area contributed by atoms with Crippen molar-refractivity contribution in [1.82, 2.24) is 78.2 Å². The van der Waals surface area contributed by atoms with E-state index in [4.69, 9.17) is 39.9 Å². The second kappa shape index (κ2) is 49.8. The van der Waals surface area contributed by atoms with E-state index in [0.29, 0.717) is 13.1 Å². The van der Waals surface area contributed by atoms with E-state index < -0.39 is 94.3 Å². The molecule has 34 nitrogen and oxygen atoms in total. The van der Waals surface area contributed by atoms with Gasteiger partial charge in [0, 0.05) is 175 Å². The van der Waals surface area contributed by atoms with Crippen molar-refractivity contribution in [2.75, 3.05) is 39.3 Å². The number of nitrogens with one attached hydrogen (secondary N) is 15. The van der Waals surface area contributed by atoms with Crippen LogP contribution in [0.3, 0.4) is 0 Å². The fourth-order valence-corrected chi connectivity index (χ4v) is 15.3. The number of rotatable bonds is 23. The van der Waals surface area contributed by atoms with Gasteiger partial charge in [-0.15, -0.1) is 0 Å². The van der Waals surface area contributed by atoms with E-state index in [-0.39, 0.29) is 38.3 Å². The molecule has 0 fully saturated rings. The number of halogens is 5. The molecule has 6 unspecified atom stereocenters. The topological polar surface area (TPSA) is 497 Å². The highest BCUT2D eigenvalue weighted by molar-refractivity contribution is 9.11. The zero-order valence-electron chi connectivity index (χ0n) is 79.3. The van der Waals surface area contributed by atoms with E-state index in [1.165, 1.54) is 0 Å². The molecule has 734 valence electrons. The summed E-state index contributed by atoms with van der Waals surface area (Å²) in [6.07, 6.45) is 9.66. The molecule has 0 radical (unpaired) electrons. The Labute approximate surface area is 832 Å². The number of aromatic nitrogens is 6. The lowest BCUT2D eigenvalue weighted by Crippen LogP contribution is -2.37. The molecule has 6 atom stereocenters. The molecule has 39 heteroatoms. The molecule has 7 aromatic carbocycles. The van der Waals surface area contributed by atoms with Gasteiger partial charge in [0.15, 0.2) is 0 Å². The summed E-state index contributed by atoms with van der Waals surface area (Å²) in [5, 5.41) is 61.1. The number of hydrogen-bond acceptors (Lipinski definition) is 21. The van der Waals surface area contributed by atoms with Gasteiger partial charge in [0.1, 0.15) is 33.6 Å². The van der Waals surface area contributed by atoms with Crippen molar-refractivity contribution in [2.45, 2.75) is 194 Å². The first-order valence-corrected chi connectivity index (χ1v) is 47.5. The first-order valence-electron chi connectivity index (χ1n) is 43.5. The number of ether oxygens (including phenoxy) is 6. The number of aromatic amines is 6. The van der Waals surface area contributed by atoms with Crippen LogP contribution in [0, 0.1) is 0 Å². The Morgan fingerprint density at radius 1 is 0.316 bits per heavy atom. The maximum atomic E-state index is 12.2. The number of amides is 6. The number of carbonyl (C=O) groups is 6. The Hall–Kier alpha value is -11.1. The second-order valence-electron chi connectivity index (χ2n) is 37.4. The Kier molecular flexibility index (Phi) is 40.4. The third-order valence-electron chi connectivity index (χ3n) is 19.3. The van der Waals surface area contributed by atoms with Gasteiger partial charge in [0.05, 0.1) is 30.2 Å². The fourth-order valence-electron chi connectivity index (χ4n) is 13.5. The number of fused-ring (bicyclic) bond motifs is 6. The van der Waals surface area contributed by atoms with Crippen molar-refractivity contribution in [3.8, 4) is 0 Å². The van der Waals surface area contributed by atoms with E-state index in [1.54, 1.807) is 68.5 Å². The van der Waals surface area contributed by atoms with Crippen molar-refractivity contribution in [3.05, 3.63) is 244 Å². The van der Waals surface area contributed by atoms with Gasteiger partial charge in [-0.3, -0.25) is 5.21 Å². The molecule has 0 spiro atoms. The normalized spacial score (nSPS) is 13.2. The van der Waals surface area contributed by atoms with Gasteiger partial charge in [0.2, 0.25) is 12.3 Å². The number of hydrogen-bond donors (Lipinski definition) is 21. The highest BCUT2D eigenvalue weighted by Gasteiger charge is 2.31. The SMILES string of the molecule is CC(C)(C)OC(=O)NCC(N)c1c[nH]c2cc(Br)ccc12.CC(C)(C)OC(=O)NCC(N)c1c[nH]c2ccc(Br)cc12.CC(C)(C)OC(=O)NCC(NO)c1c[nH]c2cc(Br)ccc12.CC(C)(C)OC(=O)NCC(NO)c1c[nH]c2ccc(Br)cc12.CC(C)(C)OC(=O)NCC(NO)c1c[nH]c2ccccc12.CC(C)(C)OC(=O)NCC(c1c[nH]c2ccc(Br)cc12)/[N+](O)=C/c1ccccc1. The van der Waals surface area contributed by atoms with Crippen molar-refractivity contribution in [1.29, 1.82) is 0 Å². The molecule has 13 aromatic rings. The van der Waals surface area contributed by atoms with Gasteiger partial charge in [0.25, 0.3) is 0 Å². The molecule has 6 aromatic heterocycles. The number of hydroxylamine groups is 4. The lowest BCUT2D eigenvalue weighted by atomic mass is 10.1. The van der Waals surface area contributed by atoms with Gasteiger partial charge >= 0.3 is 36.6 Å². The summed E-state index contributed by atoms with van der Waals surface area (Å²) in [5.41, 5.74) is 27.8. The average molecular weight is 2200 g/mol. The minimum Gasteiger partial charge on any atom is -0.444 e. The summed E-state index contributed by atoms with van der Waals surface area (Å²) in [4.78, 5) is 89.5. The summed E-state index contributed by atoms with van der Waals surface area (Å²) in [6.45, 7) is 34.0. The van der Waals surface area contributed by atoms with Gasteiger partial charge < -0.3 is 117 Å². The number of H-pyrrole nitrogens is 6. The van der Waals surface area contributed by atoms with E-state index in [9.17, 15) is 49.6 Å². The zero-order valence-corrected chi connectivity index (χ0v) is 87.2. The van der Waals surface area contributed by atoms with Gasteiger partial charge in [-0.25, -0.2) is 28.8 Å². The molecule has 13 rings (SSSR count). The van der Waals surface area contributed by atoms with Crippen LogP contribution < -0.4 is 59.8 Å².